The highest BCUT2D eigenvalue weighted by Gasteiger charge is 2.29. The van der Waals surface area contributed by atoms with Crippen molar-refractivity contribution < 1.29 is 13.2 Å². The Morgan fingerprint density at radius 2 is 1.82 bits per heavy atom. The molecule has 5 heteroatoms. The van der Waals surface area contributed by atoms with Crippen molar-refractivity contribution >= 4 is 0 Å². The first kappa shape index (κ1) is 11.7. The Labute approximate surface area is 96.5 Å². The Hall–Kier alpha value is -1.78. The summed E-state index contributed by atoms with van der Waals surface area (Å²) in [5.41, 5.74) is 1.09. The van der Waals surface area contributed by atoms with Crippen LogP contribution in [0.4, 0.5) is 13.2 Å². The molecule has 2 rings (SSSR count). The van der Waals surface area contributed by atoms with Crippen molar-refractivity contribution in [1.82, 2.24) is 9.97 Å². The molecule has 0 amide bonds. The van der Waals surface area contributed by atoms with Crippen molar-refractivity contribution in [2.24, 2.45) is 0 Å². The van der Waals surface area contributed by atoms with Gasteiger partial charge < -0.3 is 4.98 Å². The van der Waals surface area contributed by atoms with Crippen molar-refractivity contribution in [2.45, 2.75) is 19.5 Å². The van der Waals surface area contributed by atoms with Gasteiger partial charge in [0.2, 0.25) is 0 Å². The summed E-state index contributed by atoms with van der Waals surface area (Å²) in [6.45, 7) is 1.83. The highest BCUT2D eigenvalue weighted by Crippen LogP contribution is 2.29. The van der Waals surface area contributed by atoms with Crippen molar-refractivity contribution in [2.75, 3.05) is 0 Å². The second kappa shape index (κ2) is 4.24. The molecule has 1 N–H and O–H groups in total. The van der Waals surface area contributed by atoms with E-state index < -0.39 is 11.7 Å². The van der Waals surface area contributed by atoms with Crippen LogP contribution >= 0.6 is 0 Å². The second-order valence-electron chi connectivity index (χ2n) is 3.87. The fourth-order valence-electron chi connectivity index (χ4n) is 1.59. The van der Waals surface area contributed by atoms with Crippen LogP contribution in [-0.4, -0.2) is 9.97 Å². The molecular formula is C12H11F3N2. The summed E-state index contributed by atoms with van der Waals surface area (Å²) in [7, 11) is 0. The monoisotopic (exact) mass is 240 g/mol. The van der Waals surface area contributed by atoms with Gasteiger partial charge in [0.05, 0.1) is 5.56 Å². The predicted octanol–water partition coefficient (Wildman–Crippen LogP) is 3.33. The average Bonchev–Trinajstić information content (AvgIpc) is 2.63. The van der Waals surface area contributed by atoms with Crippen molar-refractivity contribution in [3.63, 3.8) is 0 Å². The van der Waals surface area contributed by atoms with E-state index in [-0.39, 0.29) is 0 Å². The van der Waals surface area contributed by atoms with Crippen molar-refractivity contribution in [3.8, 4) is 0 Å². The third kappa shape index (κ3) is 2.87. The number of imidazole rings is 1. The lowest BCUT2D eigenvalue weighted by molar-refractivity contribution is -0.137. The Morgan fingerprint density at radius 1 is 1.18 bits per heavy atom. The van der Waals surface area contributed by atoms with Gasteiger partial charge >= 0.3 is 6.18 Å². The summed E-state index contributed by atoms with van der Waals surface area (Å²) in [6, 6.07) is 5.16. The van der Waals surface area contributed by atoms with Gasteiger partial charge in [0, 0.05) is 18.3 Å². The molecule has 1 heterocycles. The zero-order chi connectivity index (χ0) is 12.5. The minimum absolute atomic E-state index is 0.555. The number of H-pyrrole nitrogens is 1. The first-order chi connectivity index (χ1) is 7.95. The van der Waals surface area contributed by atoms with Gasteiger partial charge in [-0.1, -0.05) is 12.1 Å². The zero-order valence-corrected chi connectivity index (χ0v) is 9.17. The molecule has 0 aliphatic carbocycles. The minimum Gasteiger partial charge on any atom is -0.346 e. The largest absolute Gasteiger partial charge is 0.416 e. The third-order valence-electron chi connectivity index (χ3n) is 2.43. The standard InChI is InChI=1S/C12H11F3N2/c1-8-16-7-11(17-8)6-9-2-4-10(5-3-9)12(13,14)15/h2-5,7H,6H2,1H3,(H,16,17). The number of nitrogens with one attached hydrogen (secondary N) is 1. The highest BCUT2D eigenvalue weighted by atomic mass is 19.4. The molecule has 0 aliphatic rings. The fraction of sp³-hybridized carbons (Fsp3) is 0.250. The van der Waals surface area contributed by atoms with Crippen LogP contribution in [0, 0.1) is 6.92 Å². The number of hydrogen-bond acceptors (Lipinski definition) is 1. The molecule has 0 atom stereocenters. The molecule has 2 nitrogen and oxygen atoms in total. The molecular weight excluding hydrogens is 229 g/mol. The average molecular weight is 240 g/mol. The summed E-state index contributed by atoms with van der Waals surface area (Å²) >= 11 is 0. The Morgan fingerprint density at radius 3 is 2.29 bits per heavy atom. The van der Waals surface area contributed by atoms with Crippen LogP contribution in [0.1, 0.15) is 22.6 Å². The number of aryl methyl sites for hydroxylation is 1. The van der Waals surface area contributed by atoms with E-state index in [0.29, 0.717) is 6.42 Å². The fourth-order valence-corrected chi connectivity index (χ4v) is 1.59. The lowest BCUT2D eigenvalue weighted by atomic mass is 10.1. The maximum absolute atomic E-state index is 12.3. The lowest BCUT2D eigenvalue weighted by Crippen LogP contribution is -2.04. The lowest BCUT2D eigenvalue weighted by Gasteiger charge is -2.06. The van der Waals surface area contributed by atoms with Crippen LogP contribution in [0.15, 0.2) is 30.5 Å². The Balaban J connectivity index is 2.13. The van der Waals surface area contributed by atoms with E-state index in [1.54, 1.807) is 6.20 Å². The molecule has 0 spiro atoms. The summed E-state index contributed by atoms with van der Waals surface area (Å²) in [6.07, 6.45) is -2.03. The van der Waals surface area contributed by atoms with Gasteiger partial charge in [0.1, 0.15) is 5.82 Å². The number of aromatic nitrogens is 2. The van der Waals surface area contributed by atoms with Crippen molar-refractivity contribution in [1.29, 1.82) is 0 Å². The van der Waals surface area contributed by atoms with E-state index in [0.717, 1.165) is 29.2 Å². The van der Waals surface area contributed by atoms with E-state index >= 15 is 0 Å². The smallest absolute Gasteiger partial charge is 0.346 e. The summed E-state index contributed by atoms with van der Waals surface area (Å²) < 4.78 is 37.0. The molecule has 1 aromatic carbocycles. The molecule has 1 aromatic heterocycles. The molecule has 0 radical (unpaired) electrons. The van der Waals surface area contributed by atoms with Gasteiger partial charge in [-0.05, 0) is 24.6 Å². The van der Waals surface area contributed by atoms with Crippen LogP contribution in [0.3, 0.4) is 0 Å². The predicted molar refractivity (Wildman–Crippen MR) is 57.6 cm³/mol. The molecule has 17 heavy (non-hydrogen) atoms. The second-order valence-corrected chi connectivity index (χ2v) is 3.87. The first-order valence-electron chi connectivity index (χ1n) is 5.12. The van der Waals surface area contributed by atoms with E-state index in [1.165, 1.54) is 12.1 Å². The Kier molecular flexibility index (Phi) is 2.92. The maximum Gasteiger partial charge on any atom is 0.416 e. The zero-order valence-electron chi connectivity index (χ0n) is 9.17. The van der Waals surface area contributed by atoms with E-state index in [2.05, 4.69) is 9.97 Å². The number of halogens is 3. The summed E-state index contributed by atoms with van der Waals surface area (Å²) in [4.78, 5) is 7.07. The van der Waals surface area contributed by atoms with Gasteiger partial charge in [-0.3, -0.25) is 0 Å². The molecule has 90 valence electrons. The van der Waals surface area contributed by atoms with E-state index in [1.807, 2.05) is 6.92 Å². The van der Waals surface area contributed by atoms with Crippen LogP contribution in [-0.2, 0) is 12.6 Å². The van der Waals surface area contributed by atoms with Crippen LogP contribution < -0.4 is 0 Å². The van der Waals surface area contributed by atoms with E-state index in [9.17, 15) is 13.2 Å². The number of nitrogens with zero attached hydrogens (tertiary/aromatic N) is 1. The highest BCUT2D eigenvalue weighted by molar-refractivity contribution is 5.27. The molecule has 2 aromatic rings. The topological polar surface area (TPSA) is 28.7 Å². The number of rotatable bonds is 2. The SMILES string of the molecule is Cc1ncc(Cc2ccc(C(F)(F)F)cc2)[nH]1. The van der Waals surface area contributed by atoms with Gasteiger partial charge in [-0.25, -0.2) is 4.98 Å². The molecule has 0 bridgehead atoms. The maximum atomic E-state index is 12.3. The number of aromatic amines is 1. The third-order valence-corrected chi connectivity index (χ3v) is 2.43. The number of alkyl halides is 3. The van der Waals surface area contributed by atoms with Crippen LogP contribution in [0.25, 0.3) is 0 Å². The normalized spacial score (nSPS) is 11.8. The molecule has 0 unspecified atom stereocenters. The van der Waals surface area contributed by atoms with Gasteiger partial charge in [0.15, 0.2) is 0 Å². The first-order valence-corrected chi connectivity index (χ1v) is 5.12. The van der Waals surface area contributed by atoms with E-state index in [4.69, 9.17) is 0 Å². The summed E-state index contributed by atoms with van der Waals surface area (Å²) in [5.74, 6) is 0.798. The summed E-state index contributed by atoms with van der Waals surface area (Å²) in [5, 5.41) is 0. The van der Waals surface area contributed by atoms with Gasteiger partial charge in [-0.2, -0.15) is 13.2 Å². The molecule has 0 fully saturated rings. The number of benzene rings is 1. The van der Waals surface area contributed by atoms with Gasteiger partial charge in [0.25, 0.3) is 0 Å². The Bertz CT molecular complexity index is 497. The molecule has 0 aliphatic heterocycles. The quantitative estimate of drug-likeness (QED) is 0.857. The van der Waals surface area contributed by atoms with Crippen molar-refractivity contribution in [3.05, 3.63) is 53.1 Å². The molecule has 0 saturated heterocycles. The van der Waals surface area contributed by atoms with Crippen LogP contribution in [0.2, 0.25) is 0 Å². The molecule has 0 saturated carbocycles. The number of hydrogen-bond donors (Lipinski definition) is 1. The van der Waals surface area contributed by atoms with Gasteiger partial charge in [-0.15, -0.1) is 0 Å². The van der Waals surface area contributed by atoms with Crippen LogP contribution in [0.5, 0.6) is 0 Å². The minimum atomic E-state index is -4.27.